The molecule has 94 valence electrons. The normalized spacial score (nSPS) is 20.8. The Morgan fingerprint density at radius 3 is 3.17 bits per heavy atom. The van der Waals surface area contributed by atoms with Gasteiger partial charge in [-0.05, 0) is 24.1 Å². The summed E-state index contributed by atoms with van der Waals surface area (Å²) in [5, 5.41) is 14.3. The summed E-state index contributed by atoms with van der Waals surface area (Å²) in [6.45, 7) is 2.37. The van der Waals surface area contributed by atoms with E-state index in [0.29, 0.717) is 5.52 Å². The SMILES string of the molecule is Oc1cccc2c(C3CCOCCN3)ccnc12. The van der Waals surface area contributed by atoms with Gasteiger partial charge in [-0.15, -0.1) is 0 Å². The van der Waals surface area contributed by atoms with E-state index in [1.165, 1.54) is 5.56 Å². The second-order valence-corrected chi connectivity index (χ2v) is 4.48. The average molecular weight is 244 g/mol. The van der Waals surface area contributed by atoms with Crippen molar-refractivity contribution in [2.75, 3.05) is 19.8 Å². The van der Waals surface area contributed by atoms with Gasteiger partial charge in [-0.3, -0.25) is 4.98 Å². The molecule has 4 heteroatoms. The number of hydrogen-bond acceptors (Lipinski definition) is 4. The number of phenolic OH excluding ortho intramolecular Hbond substituents is 1. The Labute approximate surface area is 106 Å². The number of nitrogens with zero attached hydrogens (tertiary/aromatic N) is 1. The van der Waals surface area contributed by atoms with E-state index in [2.05, 4.69) is 10.3 Å². The zero-order valence-corrected chi connectivity index (χ0v) is 10.1. The van der Waals surface area contributed by atoms with Gasteiger partial charge in [0.25, 0.3) is 0 Å². The Morgan fingerprint density at radius 2 is 2.22 bits per heavy atom. The largest absolute Gasteiger partial charge is 0.506 e. The van der Waals surface area contributed by atoms with Crippen LogP contribution in [0.5, 0.6) is 5.75 Å². The molecule has 0 aliphatic carbocycles. The van der Waals surface area contributed by atoms with E-state index in [1.54, 1.807) is 12.3 Å². The Balaban J connectivity index is 2.08. The molecule has 0 bridgehead atoms. The summed E-state index contributed by atoms with van der Waals surface area (Å²) in [7, 11) is 0. The first-order valence-corrected chi connectivity index (χ1v) is 6.24. The van der Waals surface area contributed by atoms with Crippen molar-refractivity contribution in [3.05, 3.63) is 36.0 Å². The summed E-state index contributed by atoms with van der Waals surface area (Å²) in [5.41, 5.74) is 1.85. The van der Waals surface area contributed by atoms with Crippen molar-refractivity contribution < 1.29 is 9.84 Å². The first-order valence-electron chi connectivity index (χ1n) is 6.24. The number of aromatic hydroxyl groups is 1. The standard InChI is InChI=1S/C14H16N2O2/c17-13-3-1-2-11-10(4-6-16-14(11)13)12-5-8-18-9-7-15-12/h1-4,6,12,15,17H,5,7-9H2. The molecule has 0 spiro atoms. The topological polar surface area (TPSA) is 54.4 Å². The van der Waals surface area contributed by atoms with Crippen molar-refractivity contribution in [3.63, 3.8) is 0 Å². The van der Waals surface area contributed by atoms with Gasteiger partial charge in [0, 0.05) is 30.8 Å². The smallest absolute Gasteiger partial charge is 0.141 e. The molecule has 1 aromatic heterocycles. The fourth-order valence-electron chi connectivity index (χ4n) is 2.46. The van der Waals surface area contributed by atoms with E-state index in [9.17, 15) is 5.11 Å². The number of rotatable bonds is 1. The molecule has 2 heterocycles. The lowest BCUT2D eigenvalue weighted by Gasteiger charge is -2.17. The van der Waals surface area contributed by atoms with E-state index in [0.717, 1.165) is 31.6 Å². The number of aromatic nitrogens is 1. The number of hydrogen-bond donors (Lipinski definition) is 2. The van der Waals surface area contributed by atoms with Crippen molar-refractivity contribution >= 4 is 10.9 Å². The molecule has 3 rings (SSSR count). The van der Waals surface area contributed by atoms with Gasteiger partial charge >= 0.3 is 0 Å². The first kappa shape index (κ1) is 11.4. The van der Waals surface area contributed by atoms with Crippen LogP contribution in [0.15, 0.2) is 30.5 Å². The van der Waals surface area contributed by atoms with Gasteiger partial charge in [0.1, 0.15) is 11.3 Å². The van der Waals surface area contributed by atoms with Crippen molar-refractivity contribution in [1.29, 1.82) is 0 Å². The van der Waals surface area contributed by atoms with Crippen LogP contribution in [0.1, 0.15) is 18.0 Å². The van der Waals surface area contributed by atoms with Crippen molar-refractivity contribution in [3.8, 4) is 5.75 Å². The predicted octanol–water partition coefficient (Wildman–Crippen LogP) is 1.99. The number of para-hydroxylation sites is 1. The van der Waals surface area contributed by atoms with E-state index in [-0.39, 0.29) is 11.8 Å². The van der Waals surface area contributed by atoms with Crippen LogP contribution in [-0.2, 0) is 4.74 Å². The highest BCUT2D eigenvalue weighted by Crippen LogP contribution is 2.29. The lowest BCUT2D eigenvalue weighted by molar-refractivity contribution is 0.150. The molecule has 1 saturated heterocycles. The monoisotopic (exact) mass is 244 g/mol. The van der Waals surface area contributed by atoms with E-state index < -0.39 is 0 Å². The summed E-state index contributed by atoms with van der Waals surface area (Å²) in [5.74, 6) is 0.235. The molecule has 0 saturated carbocycles. The van der Waals surface area contributed by atoms with Gasteiger partial charge in [0.2, 0.25) is 0 Å². The summed E-state index contributed by atoms with van der Waals surface area (Å²) in [4.78, 5) is 4.25. The van der Waals surface area contributed by atoms with Crippen LogP contribution in [0.2, 0.25) is 0 Å². The van der Waals surface area contributed by atoms with Gasteiger partial charge < -0.3 is 15.2 Å². The highest BCUT2D eigenvalue weighted by Gasteiger charge is 2.17. The van der Waals surface area contributed by atoms with Crippen molar-refractivity contribution in [2.24, 2.45) is 0 Å². The van der Waals surface area contributed by atoms with Gasteiger partial charge in [-0.1, -0.05) is 12.1 Å². The molecule has 0 radical (unpaired) electrons. The van der Waals surface area contributed by atoms with Gasteiger partial charge in [-0.25, -0.2) is 0 Å². The zero-order valence-electron chi connectivity index (χ0n) is 10.1. The minimum Gasteiger partial charge on any atom is -0.506 e. The molecule has 2 aromatic rings. The van der Waals surface area contributed by atoms with E-state index >= 15 is 0 Å². The fourth-order valence-corrected chi connectivity index (χ4v) is 2.46. The molecule has 0 amide bonds. The predicted molar refractivity (Wildman–Crippen MR) is 69.6 cm³/mol. The number of fused-ring (bicyclic) bond motifs is 1. The molecule has 1 aromatic carbocycles. The third-order valence-corrected chi connectivity index (χ3v) is 3.35. The molecular formula is C14H16N2O2. The molecule has 4 nitrogen and oxygen atoms in total. The number of ether oxygens (including phenoxy) is 1. The number of nitrogens with one attached hydrogen (secondary N) is 1. The fraction of sp³-hybridized carbons (Fsp3) is 0.357. The average Bonchev–Trinajstić information content (AvgIpc) is 2.67. The number of phenols is 1. The van der Waals surface area contributed by atoms with Crippen LogP contribution >= 0.6 is 0 Å². The van der Waals surface area contributed by atoms with Gasteiger partial charge in [0.15, 0.2) is 0 Å². The quantitative estimate of drug-likeness (QED) is 0.805. The molecule has 1 aliphatic rings. The van der Waals surface area contributed by atoms with Crippen molar-refractivity contribution in [1.82, 2.24) is 10.3 Å². The molecule has 18 heavy (non-hydrogen) atoms. The Bertz CT molecular complexity index is 548. The Kier molecular flexibility index (Phi) is 3.13. The third kappa shape index (κ3) is 2.05. The molecule has 1 fully saturated rings. The van der Waals surface area contributed by atoms with E-state index in [1.807, 2.05) is 18.2 Å². The summed E-state index contributed by atoms with van der Waals surface area (Å²) in [6.07, 6.45) is 2.69. The molecule has 1 unspecified atom stereocenters. The second kappa shape index (κ2) is 4.92. The molecule has 1 atom stereocenters. The van der Waals surface area contributed by atoms with Crippen LogP contribution in [0.25, 0.3) is 10.9 Å². The van der Waals surface area contributed by atoms with Crippen LogP contribution in [0, 0.1) is 0 Å². The highest BCUT2D eigenvalue weighted by molar-refractivity contribution is 5.87. The first-order chi connectivity index (χ1) is 8.86. The Morgan fingerprint density at radius 1 is 1.28 bits per heavy atom. The van der Waals surface area contributed by atoms with E-state index in [4.69, 9.17) is 4.74 Å². The molecule has 2 N–H and O–H groups in total. The lowest BCUT2D eigenvalue weighted by Crippen LogP contribution is -2.22. The van der Waals surface area contributed by atoms with Crippen LogP contribution in [-0.4, -0.2) is 29.8 Å². The number of pyridine rings is 1. The zero-order chi connectivity index (χ0) is 12.4. The number of benzene rings is 1. The van der Waals surface area contributed by atoms with Crippen molar-refractivity contribution in [2.45, 2.75) is 12.5 Å². The molecular weight excluding hydrogens is 228 g/mol. The summed E-state index contributed by atoms with van der Waals surface area (Å²) >= 11 is 0. The second-order valence-electron chi connectivity index (χ2n) is 4.48. The minimum absolute atomic E-state index is 0.235. The van der Waals surface area contributed by atoms with Crippen LogP contribution < -0.4 is 5.32 Å². The maximum Gasteiger partial charge on any atom is 0.141 e. The van der Waals surface area contributed by atoms with Gasteiger partial charge in [-0.2, -0.15) is 0 Å². The minimum atomic E-state index is 0.235. The lowest BCUT2D eigenvalue weighted by atomic mass is 9.99. The Hall–Kier alpha value is -1.65. The highest BCUT2D eigenvalue weighted by atomic mass is 16.5. The molecule has 1 aliphatic heterocycles. The van der Waals surface area contributed by atoms with Gasteiger partial charge in [0.05, 0.1) is 6.61 Å². The maximum atomic E-state index is 9.84. The third-order valence-electron chi connectivity index (χ3n) is 3.35. The maximum absolute atomic E-state index is 9.84. The summed E-state index contributed by atoms with van der Waals surface area (Å²) < 4.78 is 5.45. The summed E-state index contributed by atoms with van der Waals surface area (Å²) in [6, 6.07) is 7.81. The van der Waals surface area contributed by atoms with Crippen LogP contribution in [0.3, 0.4) is 0 Å². The van der Waals surface area contributed by atoms with Crippen LogP contribution in [0.4, 0.5) is 0 Å².